The molecule has 2 aromatic rings. The van der Waals surface area contributed by atoms with Crippen LogP contribution in [0.15, 0.2) is 59.6 Å². The summed E-state index contributed by atoms with van der Waals surface area (Å²) in [5.41, 5.74) is 2.19. The summed E-state index contributed by atoms with van der Waals surface area (Å²) in [6.45, 7) is 4.07. The van der Waals surface area contributed by atoms with E-state index in [1.807, 2.05) is 61.5 Å². The molecule has 0 aliphatic heterocycles. The maximum atomic E-state index is 9.67. The van der Waals surface area contributed by atoms with Crippen molar-refractivity contribution in [1.82, 2.24) is 10.6 Å². The van der Waals surface area contributed by atoms with Crippen molar-refractivity contribution in [2.75, 3.05) is 26.8 Å². The maximum Gasteiger partial charge on any atom is 0.191 e. The predicted molar refractivity (Wildman–Crippen MR) is 102 cm³/mol. The van der Waals surface area contributed by atoms with Crippen LogP contribution in [0.4, 0.5) is 0 Å². The topological polar surface area (TPSA) is 65.9 Å². The van der Waals surface area contributed by atoms with Gasteiger partial charge in [-0.15, -0.1) is 0 Å². The van der Waals surface area contributed by atoms with Crippen molar-refractivity contribution in [2.45, 2.75) is 19.4 Å². The fraction of sp³-hybridized carbons (Fsp3) is 0.350. The second-order valence-corrected chi connectivity index (χ2v) is 5.72. The summed E-state index contributed by atoms with van der Waals surface area (Å²) in [6.07, 6.45) is 0. The van der Waals surface area contributed by atoms with Crippen LogP contribution in [0.5, 0.6) is 5.75 Å². The average molecular weight is 341 g/mol. The second kappa shape index (κ2) is 10.4. The second-order valence-electron chi connectivity index (χ2n) is 5.72. The molecule has 0 amide bonds. The fourth-order valence-corrected chi connectivity index (χ4v) is 2.52. The van der Waals surface area contributed by atoms with Crippen molar-refractivity contribution in [3.05, 3.63) is 65.7 Å². The van der Waals surface area contributed by atoms with Crippen LogP contribution in [0, 0.1) is 0 Å². The van der Waals surface area contributed by atoms with E-state index < -0.39 is 0 Å². The van der Waals surface area contributed by atoms with Gasteiger partial charge in [-0.25, -0.2) is 4.99 Å². The van der Waals surface area contributed by atoms with Crippen molar-refractivity contribution < 1.29 is 9.84 Å². The smallest absolute Gasteiger partial charge is 0.191 e. The third-order valence-corrected chi connectivity index (χ3v) is 3.91. The minimum absolute atomic E-state index is 0.0295. The number of guanidine groups is 1. The standard InChI is InChI=1S/C20H27N3O2/c1-3-21-20(22-13-16-8-7-11-19(12-16)25-2)23-14-18(15-24)17-9-5-4-6-10-17/h4-12,18,24H,3,13-15H2,1-2H3,(H2,21,22,23). The highest BCUT2D eigenvalue weighted by Crippen LogP contribution is 2.14. The van der Waals surface area contributed by atoms with E-state index in [4.69, 9.17) is 4.74 Å². The van der Waals surface area contributed by atoms with Crippen LogP contribution in [0.2, 0.25) is 0 Å². The SMILES string of the molecule is CCNC(=NCc1cccc(OC)c1)NCC(CO)c1ccccc1. The number of hydrogen-bond donors (Lipinski definition) is 3. The van der Waals surface area contributed by atoms with Crippen molar-refractivity contribution in [3.8, 4) is 5.75 Å². The molecule has 0 fully saturated rings. The van der Waals surface area contributed by atoms with E-state index in [-0.39, 0.29) is 12.5 Å². The normalized spacial score (nSPS) is 12.5. The van der Waals surface area contributed by atoms with Gasteiger partial charge in [0.15, 0.2) is 5.96 Å². The van der Waals surface area contributed by atoms with Gasteiger partial charge < -0.3 is 20.5 Å². The Bertz CT molecular complexity index is 659. The molecule has 0 aliphatic carbocycles. The van der Waals surface area contributed by atoms with Gasteiger partial charge in [0.05, 0.1) is 20.3 Å². The molecule has 0 aliphatic rings. The lowest BCUT2D eigenvalue weighted by Gasteiger charge is -2.18. The van der Waals surface area contributed by atoms with Crippen LogP contribution in [0.1, 0.15) is 24.0 Å². The largest absolute Gasteiger partial charge is 0.497 e. The molecule has 0 saturated heterocycles. The summed E-state index contributed by atoms with van der Waals surface area (Å²) in [4.78, 5) is 4.62. The van der Waals surface area contributed by atoms with Gasteiger partial charge in [-0.3, -0.25) is 0 Å². The van der Waals surface area contributed by atoms with E-state index in [0.29, 0.717) is 13.1 Å². The highest BCUT2D eigenvalue weighted by Gasteiger charge is 2.10. The Balaban J connectivity index is 1.99. The van der Waals surface area contributed by atoms with Crippen LogP contribution < -0.4 is 15.4 Å². The monoisotopic (exact) mass is 341 g/mol. The zero-order chi connectivity index (χ0) is 17.9. The summed E-state index contributed by atoms with van der Waals surface area (Å²) in [7, 11) is 1.66. The Morgan fingerprint density at radius 2 is 1.92 bits per heavy atom. The molecule has 0 bridgehead atoms. The quantitative estimate of drug-likeness (QED) is 0.510. The minimum Gasteiger partial charge on any atom is -0.497 e. The van der Waals surface area contributed by atoms with Crippen molar-refractivity contribution in [3.63, 3.8) is 0 Å². The number of nitrogens with zero attached hydrogens (tertiary/aromatic N) is 1. The lowest BCUT2D eigenvalue weighted by atomic mass is 10.0. The number of nitrogens with one attached hydrogen (secondary N) is 2. The van der Waals surface area contributed by atoms with E-state index in [9.17, 15) is 5.11 Å². The van der Waals surface area contributed by atoms with E-state index >= 15 is 0 Å². The van der Waals surface area contributed by atoms with Gasteiger partial charge in [-0.05, 0) is 30.2 Å². The molecule has 134 valence electrons. The minimum atomic E-state index is 0.0295. The zero-order valence-electron chi connectivity index (χ0n) is 14.9. The van der Waals surface area contributed by atoms with Crippen LogP contribution >= 0.6 is 0 Å². The first kappa shape index (κ1) is 18.8. The number of hydrogen-bond acceptors (Lipinski definition) is 3. The molecular weight excluding hydrogens is 314 g/mol. The molecule has 2 rings (SSSR count). The van der Waals surface area contributed by atoms with E-state index in [2.05, 4.69) is 15.6 Å². The number of ether oxygens (including phenoxy) is 1. The molecule has 2 aromatic carbocycles. The van der Waals surface area contributed by atoms with E-state index in [1.165, 1.54) is 0 Å². The molecular formula is C20H27N3O2. The van der Waals surface area contributed by atoms with Gasteiger partial charge in [0.2, 0.25) is 0 Å². The Morgan fingerprint density at radius 3 is 2.60 bits per heavy atom. The third-order valence-electron chi connectivity index (χ3n) is 3.91. The van der Waals surface area contributed by atoms with Crippen LogP contribution in [0.25, 0.3) is 0 Å². The molecule has 0 aromatic heterocycles. The highest BCUT2D eigenvalue weighted by atomic mass is 16.5. The average Bonchev–Trinajstić information content (AvgIpc) is 2.67. The maximum absolute atomic E-state index is 9.67. The number of methoxy groups -OCH3 is 1. The van der Waals surface area contributed by atoms with Crippen molar-refractivity contribution in [2.24, 2.45) is 4.99 Å². The number of aliphatic hydroxyl groups is 1. The van der Waals surface area contributed by atoms with Gasteiger partial charge in [-0.1, -0.05) is 42.5 Å². The Kier molecular flexibility index (Phi) is 7.79. The number of aliphatic hydroxyl groups excluding tert-OH is 1. The summed E-state index contributed by atoms with van der Waals surface area (Å²) in [5.74, 6) is 1.59. The Labute approximate surface area is 149 Å². The molecule has 5 nitrogen and oxygen atoms in total. The van der Waals surface area contributed by atoms with Gasteiger partial charge in [0.1, 0.15) is 5.75 Å². The Morgan fingerprint density at radius 1 is 1.12 bits per heavy atom. The van der Waals surface area contributed by atoms with Crippen molar-refractivity contribution >= 4 is 5.96 Å². The predicted octanol–water partition coefficient (Wildman–Crippen LogP) is 2.53. The Hall–Kier alpha value is -2.53. The molecule has 0 radical (unpaired) electrons. The molecule has 5 heteroatoms. The molecule has 1 unspecified atom stereocenters. The summed E-state index contributed by atoms with van der Waals surface area (Å²) in [6, 6.07) is 17.9. The zero-order valence-corrected chi connectivity index (χ0v) is 14.9. The molecule has 1 atom stereocenters. The third kappa shape index (κ3) is 6.12. The fourth-order valence-electron chi connectivity index (χ4n) is 2.52. The molecule has 0 saturated carbocycles. The molecule has 25 heavy (non-hydrogen) atoms. The highest BCUT2D eigenvalue weighted by molar-refractivity contribution is 5.79. The lowest BCUT2D eigenvalue weighted by Crippen LogP contribution is -2.39. The summed E-state index contributed by atoms with van der Waals surface area (Å²) < 4.78 is 5.24. The van der Waals surface area contributed by atoms with Crippen LogP contribution in [-0.4, -0.2) is 37.9 Å². The lowest BCUT2D eigenvalue weighted by molar-refractivity contribution is 0.265. The molecule has 0 spiro atoms. The van der Waals surface area contributed by atoms with Gasteiger partial charge in [0, 0.05) is 19.0 Å². The van der Waals surface area contributed by atoms with Gasteiger partial charge in [-0.2, -0.15) is 0 Å². The van der Waals surface area contributed by atoms with Crippen molar-refractivity contribution in [1.29, 1.82) is 0 Å². The number of benzene rings is 2. The molecule has 3 N–H and O–H groups in total. The first-order chi connectivity index (χ1) is 12.3. The van der Waals surface area contributed by atoms with E-state index in [1.54, 1.807) is 7.11 Å². The van der Waals surface area contributed by atoms with Gasteiger partial charge in [0.25, 0.3) is 0 Å². The molecule has 0 heterocycles. The number of aliphatic imine (C=N–C) groups is 1. The number of rotatable bonds is 8. The van der Waals surface area contributed by atoms with Crippen LogP contribution in [0.3, 0.4) is 0 Å². The summed E-state index contributed by atoms with van der Waals surface area (Å²) >= 11 is 0. The van der Waals surface area contributed by atoms with E-state index in [0.717, 1.165) is 29.4 Å². The van der Waals surface area contributed by atoms with Crippen LogP contribution in [-0.2, 0) is 6.54 Å². The first-order valence-corrected chi connectivity index (χ1v) is 8.57. The summed E-state index contributed by atoms with van der Waals surface area (Å²) in [5, 5.41) is 16.2. The first-order valence-electron chi connectivity index (χ1n) is 8.57. The van der Waals surface area contributed by atoms with Gasteiger partial charge >= 0.3 is 0 Å².